The smallest absolute Gasteiger partial charge is 0.251 e. The molecule has 12 heteroatoms. The summed E-state index contributed by atoms with van der Waals surface area (Å²) in [6.07, 6.45) is 5.70. The highest BCUT2D eigenvalue weighted by atomic mass is 19.1. The van der Waals surface area contributed by atoms with E-state index in [4.69, 9.17) is 15.2 Å². The lowest BCUT2D eigenvalue weighted by Gasteiger charge is -2.23. The van der Waals surface area contributed by atoms with Crippen molar-refractivity contribution in [3.8, 4) is 0 Å². The van der Waals surface area contributed by atoms with Crippen LogP contribution in [0.5, 0.6) is 0 Å². The zero-order valence-electron chi connectivity index (χ0n) is 23.2. The Labute approximate surface area is 239 Å². The Balaban J connectivity index is 1.38. The molecule has 4 rings (SSSR count). The van der Waals surface area contributed by atoms with Gasteiger partial charge in [0, 0.05) is 36.9 Å². The van der Waals surface area contributed by atoms with Crippen molar-refractivity contribution in [1.82, 2.24) is 20.3 Å². The summed E-state index contributed by atoms with van der Waals surface area (Å²) in [6, 6.07) is 13.7. The van der Waals surface area contributed by atoms with Gasteiger partial charge in [0.05, 0.1) is 26.4 Å². The Morgan fingerprint density at radius 2 is 1.66 bits per heavy atom. The molecule has 0 spiro atoms. The maximum absolute atomic E-state index is 13.6. The van der Waals surface area contributed by atoms with E-state index in [0.717, 1.165) is 18.4 Å². The van der Waals surface area contributed by atoms with Gasteiger partial charge in [0.2, 0.25) is 17.8 Å². The fraction of sp³-hybridized carbons (Fsp3) is 0.448. The van der Waals surface area contributed by atoms with Crippen LogP contribution >= 0.6 is 0 Å². The molecule has 1 heterocycles. The van der Waals surface area contributed by atoms with Crippen LogP contribution in [0.1, 0.15) is 48.0 Å². The Kier molecular flexibility index (Phi) is 12.0. The van der Waals surface area contributed by atoms with Crippen LogP contribution in [0.4, 0.5) is 27.9 Å². The number of benzene rings is 2. The summed E-state index contributed by atoms with van der Waals surface area (Å²) in [4.78, 5) is 26.3. The SMILES string of the molecule is NCCOCCOCCNC(=O)c1cccc(Nc2nc(NCc3cccc(F)c3)nc(NC3CCCCC3)n2)c1. The van der Waals surface area contributed by atoms with Crippen molar-refractivity contribution >= 4 is 29.4 Å². The molecule has 0 bridgehead atoms. The van der Waals surface area contributed by atoms with Crippen LogP contribution in [-0.4, -0.2) is 66.4 Å². The lowest BCUT2D eigenvalue weighted by atomic mass is 9.96. The molecule has 0 radical (unpaired) electrons. The molecular formula is C29H39FN8O3. The maximum atomic E-state index is 13.6. The van der Waals surface area contributed by atoms with E-state index in [1.54, 1.807) is 24.3 Å². The molecule has 0 unspecified atom stereocenters. The molecule has 220 valence electrons. The predicted molar refractivity (Wildman–Crippen MR) is 157 cm³/mol. The van der Waals surface area contributed by atoms with Crippen molar-refractivity contribution in [2.75, 3.05) is 55.5 Å². The molecule has 6 N–H and O–H groups in total. The Bertz CT molecular complexity index is 1240. The van der Waals surface area contributed by atoms with E-state index in [1.807, 2.05) is 12.1 Å². The number of hydrogen-bond acceptors (Lipinski definition) is 10. The zero-order valence-corrected chi connectivity index (χ0v) is 23.2. The molecule has 1 aromatic heterocycles. The molecule has 3 aromatic rings. The minimum Gasteiger partial charge on any atom is -0.378 e. The number of amides is 1. The lowest BCUT2D eigenvalue weighted by molar-refractivity contribution is 0.0511. The number of ether oxygens (including phenoxy) is 2. The minimum absolute atomic E-state index is 0.218. The van der Waals surface area contributed by atoms with E-state index in [9.17, 15) is 9.18 Å². The summed E-state index contributed by atoms with van der Waals surface area (Å²) in [5.41, 5.74) is 7.28. The molecule has 0 saturated heterocycles. The van der Waals surface area contributed by atoms with Gasteiger partial charge in [0.15, 0.2) is 0 Å². The number of aromatic nitrogens is 3. The predicted octanol–water partition coefficient (Wildman–Crippen LogP) is 3.83. The molecular weight excluding hydrogens is 527 g/mol. The van der Waals surface area contributed by atoms with Gasteiger partial charge in [-0.25, -0.2) is 4.39 Å². The number of anilines is 4. The number of carbonyl (C=O) groups excluding carboxylic acids is 1. The average molecular weight is 567 g/mol. The van der Waals surface area contributed by atoms with Crippen LogP contribution < -0.4 is 27.0 Å². The highest BCUT2D eigenvalue weighted by Gasteiger charge is 2.16. The second kappa shape index (κ2) is 16.4. The molecule has 1 fully saturated rings. The van der Waals surface area contributed by atoms with Crippen molar-refractivity contribution < 1.29 is 18.7 Å². The quantitative estimate of drug-likeness (QED) is 0.162. The molecule has 0 atom stereocenters. The van der Waals surface area contributed by atoms with Crippen molar-refractivity contribution in [2.24, 2.45) is 5.73 Å². The summed E-state index contributed by atoms with van der Waals surface area (Å²) in [5.74, 6) is 0.615. The van der Waals surface area contributed by atoms with Crippen molar-refractivity contribution in [3.05, 3.63) is 65.5 Å². The van der Waals surface area contributed by atoms with Gasteiger partial charge in [-0.1, -0.05) is 37.5 Å². The zero-order chi connectivity index (χ0) is 28.7. The summed E-state index contributed by atoms with van der Waals surface area (Å²) in [6.45, 7) is 2.99. The standard InChI is InChI=1S/C29H39FN8O3/c30-23-8-4-6-21(18-23)20-33-27-36-28(34-24-9-2-1-3-10-24)38-29(37-27)35-25-11-5-7-22(19-25)26(39)32-13-15-41-17-16-40-14-12-31/h4-8,11,18-19,24H,1-3,9-10,12-17,20,31H2,(H,32,39)(H3,33,34,35,36,37,38). The van der Waals surface area contributed by atoms with Crippen LogP contribution in [0.2, 0.25) is 0 Å². The largest absolute Gasteiger partial charge is 0.378 e. The van der Waals surface area contributed by atoms with Crippen LogP contribution in [0.3, 0.4) is 0 Å². The number of nitrogens with zero attached hydrogens (tertiary/aromatic N) is 3. The third-order valence-electron chi connectivity index (χ3n) is 6.46. The van der Waals surface area contributed by atoms with Crippen LogP contribution in [0.25, 0.3) is 0 Å². The fourth-order valence-corrected chi connectivity index (χ4v) is 4.44. The van der Waals surface area contributed by atoms with E-state index in [1.165, 1.54) is 31.4 Å². The molecule has 41 heavy (non-hydrogen) atoms. The lowest BCUT2D eigenvalue weighted by Crippen LogP contribution is -2.27. The van der Waals surface area contributed by atoms with E-state index < -0.39 is 0 Å². The minimum atomic E-state index is -0.300. The third-order valence-corrected chi connectivity index (χ3v) is 6.46. The normalized spacial score (nSPS) is 13.5. The summed E-state index contributed by atoms with van der Waals surface area (Å²) < 4.78 is 24.3. The average Bonchev–Trinajstić information content (AvgIpc) is 2.98. The number of nitrogens with one attached hydrogen (secondary N) is 4. The monoisotopic (exact) mass is 566 g/mol. The van der Waals surface area contributed by atoms with Gasteiger partial charge in [-0.3, -0.25) is 4.79 Å². The number of halogens is 1. The second-order valence-electron chi connectivity index (χ2n) is 9.74. The molecule has 1 saturated carbocycles. The van der Waals surface area contributed by atoms with Crippen molar-refractivity contribution in [2.45, 2.75) is 44.7 Å². The maximum Gasteiger partial charge on any atom is 0.251 e. The van der Waals surface area contributed by atoms with E-state index in [-0.39, 0.29) is 11.7 Å². The first kappa shape index (κ1) is 30.1. The van der Waals surface area contributed by atoms with Gasteiger partial charge >= 0.3 is 0 Å². The summed E-state index contributed by atoms with van der Waals surface area (Å²) in [7, 11) is 0. The Hall–Kier alpha value is -3.87. The van der Waals surface area contributed by atoms with E-state index in [2.05, 4.69) is 36.2 Å². The number of hydrogen-bond donors (Lipinski definition) is 5. The van der Waals surface area contributed by atoms with Gasteiger partial charge in [-0.15, -0.1) is 0 Å². The van der Waals surface area contributed by atoms with Crippen LogP contribution in [0, 0.1) is 5.82 Å². The highest BCUT2D eigenvalue weighted by molar-refractivity contribution is 5.95. The van der Waals surface area contributed by atoms with Gasteiger partial charge in [-0.2, -0.15) is 15.0 Å². The molecule has 11 nitrogen and oxygen atoms in total. The number of rotatable bonds is 16. The van der Waals surface area contributed by atoms with Gasteiger partial charge < -0.3 is 36.5 Å². The van der Waals surface area contributed by atoms with Gasteiger partial charge in [0.25, 0.3) is 5.91 Å². The topological polar surface area (TPSA) is 148 Å². The first-order chi connectivity index (χ1) is 20.1. The summed E-state index contributed by atoms with van der Waals surface area (Å²) in [5, 5.41) is 12.7. The third kappa shape index (κ3) is 10.6. The van der Waals surface area contributed by atoms with Crippen molar-refractivity contribution in [1.29, 1.82) is 0 Å². The van der Waals surface area contributed by atoms with E-state index in [0.29, 0.717) is 81.2 Å². The second-order valence-corrected chi connectivity index (χ2v) is 9.74. The number of nitrogens with two attached hydrogens (primary N) is 1. The first-order valence-electron chi connectivity index (χ1n) is 14.1. The molecule has 1 aliphatic carbocycles. The molecule has 0 aliphatic heterocycles. The molecule has 1 aliphatic rings. The van der Waals surface area contributed by atoms with Gasteiger partial charge in [-0.05, 0) is 48.7 Å². The highest BCUT2D eigenvalue weighted by Crippen LogP contribution is 2.22. The Morgan fingerprint density at radius 1 is 0.902 bits per heavy atom. The van der Waals surface area contributed by atoms with E-state index >= 15 is 0 Å². The number of carbonyl (C=O) groups is 1. The fourth-order valence-electron chi connectivity index (χ4n) is 4.44. The van der Waals surface area contributed by atoms with Gasteiger partial charge in [0.1, 0.15) is 5.82 Å². The summed E-state index contributed by atoms with van der Waals surface area (Å²) >= 11 is 0. The van der Waals surface area contributed by atoms with Crippen LogP contribution in [-0.2, 0) is 16.0 Å². The Morgan fingerprint density at radius 3 is 2.46 bits per heavy atom. The molecule has 1 amide bonds. The molecule has 2 aromatic carbocycles. The first-order valence-corrected chi connectivity index (χ1v) is 14.1. The van der Waals surface area contributed by atoms with Crippen LogP contribution in [0.15, 0.2) is 48.5 Å². The van der Waals surface area contributed by atoms with Crippen molar-refractivity contribution in [3.63, 3.8) is 0 Å².